The third-order valence-corrected chi connectivity index (χ3v) is 4.56. The third kappa shape index (κ3) is 4.48. The van der Waals surface area contributed by atoms with E-state index in [1.54, 1.807) is 0 Å². The molecule has 0 saturated heterocycles. The van der Waals surface area contributed by atoms with Crippen molar-refractivity contribution in [2.75, 3.05) is 6.61 Å². The Morgan fingerprint density at radius 3 is 2.39 bits per heavy atom. The summed E-state index contributed by atoms with van der Waals surface area (Å²) in [7, 11) is 1.13. The zero-order valence-corrected chi connectivity index (χ0v) is 15.7. The molecule has 0 aliphatic rings. The number of amides is 1. The topological polar surface area (TPSA) is 131 Å². The largest absolute Gasteiger partial charge is 0.436 e. The van der Waals surface area contributed by atoms with E-state index >= 15 is 0 Å². The van der Waals surface area contributed by atoms with Crippen molar-refractivity contribution < 1.29 is 33.1 Å². The number of aryl methyl sites for hydroxylation is 1. The van der Waals surface area contributed by atoms with Crippen LogP contribution in [0.1, 0.15) is 27.8 Å². The summed E-state index contributed by atoms with van der Waals surface area (Å²) in [5, 5.41) is 36.0. The first-order valence-corrected chi connectivity index (χ1v) is 8.40. The summed E-state index contributed by atoms with van der Waals surface area (Å²) in [5.41, 5.74) is -1.82. The lowest BCUT2D eigenvalue weighted by Gasteiger charge is -2.22. The molecule has 9 nitrogen and oxygen atoms in total. The summed E-state index contributed by atoms with van der Waals surface area (Å²) in [6.07, 6.45) is -6.26. The minimum absolute atomic E-state index is 0.157. The zero-order chi connectivity index (χ0) is 21.2. The lowest BCUT2D eigenvalue weighted by molar-refractivity contribution is -0.384. The molecule has 1 heterocycles. The molecule has 0 bridgehead atoms. The van der Waals surface area contributed by atoms with E-state index in [1.807, 2.05) is 0 Å². The van der Waals surface area contributed by atoms with Crippen molar-refractivity contribution in [3.8, 4) is 0 Å². The van der Waals surface area contributed by atoms with Gasteiger partial charge in [-0.1, -0.05) is 0 Å². The molecular formula is C15H14BrF3N4O5. The Morgan fingerprint density at radius 1 is 1.39 bits per heavy atom. The average Bonchev–Trinajstić information content (AvgIpc) is 2.93. The number of aromatic nitrogens is 2. The maximum Gasteiger partial charge on any atom is 0.436 e. The van der Waals surface area contributed by atoms with E-state index in [0.29, 0.717) is 0 Å². The van der Waals surface area contributed by atoms with Crippen LogP contribution >= 0.6 is 15.9 Å². The Balaban J connectivity index is 2.24. The molecule has 152 valence electrons. The third-order valence-electron chi connectivity index (χ3n) is 3.81. The first-order valence-electron chi connectivity index (χ1n) is 7.61. The van der Waals surface area contributed by atoms with Gasteiger partial charge in [-0.05, 0) is 33.6 Å². The number of carbonyl (C=O) groups excluding carboxylic acids is 1. The van der Waals surface area contributed by atoms with Crippen molar-refractivity contribution in [2.24, 2.45) is 7.05 Å². The first kappa shape index (κ1) is 21.8. The molecule has 0 spiro atoms. The number of benzene rings is 1. The van der Waals surface area contributed by atoms with Gasteiger partial charge in [0.2, 0.25) is 0 Å². The second-order valence-electron chi connectivity index (χ2n) is 5.69. The molecule has 2 rings (SSSR count). The summed E-state index contributed by atoms with van der Waals surface area (Å²) in [4.78, 5) is 22.4. The molecule has 0 aliphatic carbocycles. The van der Waals surface area contributed by atoms with Crippen molar-refractivity contribution in [3.63, 3.8) is 0 Å². The van der Waals surface area contributed by atoms with Crippen LogP contribution in [-0.2, 0) is 13.2 Å². The van der Waals surface area contributed by atoms with Gasteiger partial charge in [0, 0.05) is 19.2 Å². The van der Waals surface area contributed by atoms with E-state index < -0.39 is 51.6 Å². The molecule has 28 heavy (non-hydrogen) atoms. The van der Waals surface area contributed by atoms with Crippen LogP contribution in [0, 0.1) is 10.1 Å². The number of nitro benzene ring substituents is 1. The molecule has 1 aromatic carbocycles. The maximum atomic E-state index is 12.9. The Kier molecular flexibility index (Phi) is 6.41. The zero-order valence-electron chi connectivity index (χ0n) is 14.1. The molecule has 3 N–H and O–H groups in total. The van der Waals surface area contributed by atoms with Crippen LogP contribution < -0.4 is 5.32 Å². The van der Waals surface area contributed by atoms with Crippen LogP contribution in [0.15, 0.2) is 28.7 Å². The fourth-order valence-electron chi connectivity index (χ4n) is 2.41. The number of rotatable bonds is 6. The number of nitrogens with zero attached hydrogens (tertiary/aromatic N) is 3. The quantitative estimate of drug-likeness (QED) is 0.440. The molecule has 0 fully saturated rings. The molecular weight excluding hydrogens is 453 g/mol. The van der Waals surface area contributed by atoms with Crippen LogP contribution in [0.25, 0.3) is 0 Å². The van der Waals surface area contributed by atoms with Crippen LogP contribution in [0.3, 0.4) is 0 Å². The molecule has 1 amide bonds. The number of halogens is 4. The van der Waals surface area contributed by atoms with Crippen molar-refractivity contribution in [2.45, 2.75) is 18.3 Å². The average molecular weight is 467 g/mol. The van der Waals surface area contributed by atoms with Crippen molar-refractivity contribution >= 4 is 27.5 Å². The number of non-ortho nitro benzene ring substituents is 1. The van der Waals surface area contributed by atoms with Gasteiger partial charge in [-0.3, -0.25) is 19.6 Å². The fraction of sp³-hybridized carbons (Fsp3) is 0.333. The number of nitro groups is 1. The molecule has 2 aromatic rings. The van der Waals surface area contributed by atoms with Crippen LogP contribution in [0.2, 0.25) is 0 Å². The van der Waals surface area contributed by atoms with E-state index in [4.69, 9.17) is 0 Å². The van der Waals surface area contributed by atoms with Gasteiger partial charge in [0.05, 0.1) is 22.0 Å². The highest BCUT2D eigenvalue weighted by Crippen LogP contribution is 2.35. The van der Waals surface area contributed by atoms with E-state index in [0.717, 1.165) is 23.9 Å². The Labute approximate surface area is 164 Å². The van der Waals surface area contributed by atoms with Gasteiger partial charge in [0.1, 0.15) is 11.8 Å². The molecule has 13 heteroatoms. The number of hydrogen-bond acceptors (Lipinski definition) is 6. The number of nitrogens with one attached hydrogen (secondary N) is 1. The second-order valence-corrected chi connectivity index (χ2v) is 6.48. The minimum Gasteiger partial charge on any atom is -0.394 e. The van der Waals surface area contributed by atoms with Gasteiger partial charge in [-0.25, -0.2) is 0 Å². The molecule has 0 saturated carbocycles. The smallest absolute Gasteiger partial charge is 0.394 e. The standard InChI is InChI=1S/C15H14BrF3N4O5/c1-22-11(10(16)13(21-22)15(17,18)19)14(26)20-9(6-24)12(25)7-2-4-8(5-3-7)23(27)28/h2-5,9,12,24-25H,6H2,1H3,(H,20,26). The van der Waals surface area contributed by atoms with E-state index in [-0.39, 0.29) is 11.3 Å². The van der Waals surface area contributed by atoms with Crippen molar-refractivity contribution in [1.82, 2.24) is 15.1 Å². The molecule has 2 atom stereocenters. The lowest BCUT2D eigenvalue weighted by Crippen LogP contribution is -2.42. The summed E-state index contributed by atoms with van der Waals surface area (Å²) < 4.78 is 38.9. The number of aliphatic hydroxyl groups excluding tert-OH is 2. The Hall–Kier alpha value is -2.51. The number of carbonyl (C=O) groups is 1. The van der Waals surface area contributed by atoms with Crippen LogP contribution in [0.5, 0.6) is 0 Å². The van der Waals surface area contributed by atoms with Crippen molar-refractivity contribution in [3.05, 3.63) is 55.8 Å². The van der Waals surface area contributed by atoms with Gasteiger partial charge in [0.25, 0.3) is 11.6 Å². The minimum atomic E-state index is -4.79. The second kappa shape index (κ2) is 8.24. The number of aliphatic hydroxyl groups is 2. The SMILES string of the molecule is Cn1nc(C(F)(F)F)c(Br)c1C(=O)NC(CO)C(O)c1ccc([N+](=O)[O-])cc1. The fourth-order valence-corrected chi connectivity index (χ4v) is 3.15. The predicted molar refractivity (Wildman–Crippen MR) is 92.3 cm³/mol. The highest BCUT2D eigenvalue weighted by Gasteiger charge is 2.39. The van der Waals surface area contributed by atoms with Gasteiger partial charge < -0.3 is 15.5 Å². The summed E-state index contributed by atoms with van der Waals surface area (Å²) >= 11 is 2.70. The van der Waals surface area contributed by atoms with Crippen LogP contribution in [0.4, 0.5) is 18.9 Å². The van der Waals surface area contributed by atoms with Gasteiger partial charge >= 0.3 is 6.18 Å². The maximum absolute atomic E-state index is 12.9. The molecule has 0 radical (unpaired) electrons. The van der Waals surface area contributed by atoms with E-state index in [1.165, 1.54) is 12.1 Å². The van der Waals surface area contributed by atoms with Gasteiger partial charge in [-0.2, -0.15) is 18.3 Å². The number of alkyl halides is 3. The highest BCUT2D eigenvalue weighted by molar-refractivity contribution is 9.10. The first-order chi connectivity index (χ1) is 13.0. The summed E-state index contributed by atoms with van der Waals surface area (Å²) in [6.45, 7) is -0.745. The monoisotopic (exact) mass is 466 g/mol. The molecule has 2 unspecified atom stereocenters. The summed E-state index contributed by atoms with van der Waals surface area (Å²) in [5.74, 6) is -1.02. The van der Waals surface area contributed by atoms with Crippen molar-refractivity contribution in [1.29, 1.82) is 0 Å². The molecule has 0 aliphatic heterocycles. The Bertz CT molecular complexity index is 885. The Morgan fingerprint density at radius 2 is 1.96 bits per heavy atom. The van der Waals surface area contributed by atoms with Gasteiger partial charge in [-0.15, -0.1) is 0 Å². The normalized spacial score (nSPS) is 13.8. The number of hydrogen-bond donors (Lipinski definition) is 3. The molecule has 1 aromatic heterocycles. The van der Waals surface area contributed by atoms with Gasteiger partial charge in [0.15, 0.2) is 5.69 Å². The van der Waals surface area contributed by atoms with E-state index in [9.17, 15) is 38.3 Å². The van der Waals surface area contributed by atoms with E-state index in [2.05, 4.69) is 26.3 Å². The van der Waals surface area contributed by atoms with Crippen LogP contribution in [-0.4, -0.2) is 43.5 Å². The summed E-state index contributed by atoms with van der Waals surface area (Å²) in [6, 6.07) is 3.44. The highest BCUT2D eigenvalue weighted by atomic mass is 79.9. The lowest BCUT2D eigenvalue weighted by atomic mass is 10.0. The predicted octanol–water partition coefficient (Wildman–Crippen LogP) is 1.93.